The van der Waals surface area contributed by atoms with Crippen molar-refractivity contribution in [3.05, 3.63) is 58.8 Å². The Labute approximate surface area is 137 Å². The molecule has 1 aromatic heterocycles. The van der Waals surface area contributed by atoms with Crippen LogP contribution in [0.1, 0.15) is 20.9 Å². The molecule has 5 nitrogen and oxygen atoms in total. The fourth-order valence-electron chi connectivity index (χ4n) is 2.48. The molecule has 2 aromatic rings. The quantitative estimate of drug-likeness (QED) is 0.847. The maximum absolute atomic E-state index is 13.2. The van der Waals surface area contributed by atoms with Crippen LogP contribution < -0.4 is 0 Å². The predicted octanol–water partition coefficient (Wildman–Crippen LogP) is 2.67. The third-order valence-electron chi connectivity index (χ3n) is 3.75. The van der Waals surface area contributed by atoms with Gasteiger partial charge in [-0.2, -0.15) is 0 Å². The summed E-state index contributed by atoms with van der Waals surface area (Å²) in [6.45, 7) is 1.64. The fourth-order valence-corrected chi connectivity index (χ4v) is 2.66. The average Bonchev–Trinajstić information content (AvgIpc) is 3.11. The molecule has 2 amide bonds. The third-order valence-corrected chi connectivity index (χ3v) is 4.04. The van der Waals surface area contributed by atoms with Crippen molar-refractivity contribution < 1.29 is 18.4 Å². The molecule has 3 rings (SSSR count). The maximum atomic E-state index is 13.2. The van der Waals surface area contributed by atoms with E-state index in [1.54, 1.807) is 21.9 Å². The summed E-state index contributed by atoms with van der Waals surface area (Å²) in [4.78, 5) is 27.8. The summed E-state index contributed by atoms with van der Waals surface area (Å²) >= 11 is 5.71. The minimum atomic E-state index is -0.558. The zero-order chi connectivity index (χ0) is 16.4. The third kappa shape index (κ3) is 3.22. The van der Waals surface area contributed by atoms with Gasteiger partial charge in [0.25, 0.3) is 11.8 Å². The Morgan fingerprint density at radius 3 is 2.26 bits per heavy atom. The van der Waals surface area contributed by atoms with Crippen molar-refractivity contribution in [1.29, 1.82) is 0 Å². The molecule has 1 aliphatic heterocycles. The van der Waals surface area contributed by atoms with Crippen molar-refractivity contribution in [1.82, 2.24) is 9.80 Å². The monoisotopic (exact) mass is 336 g/mol. The van der Waals surface area contributed by atoms with Gasteiger partial charge < -0.3 is 14.2 Å². The molecule has 1 saturated heterocycles. The van der Waals surface area contributed by atoms with Crippen LogP contribution in [-0.2, 0) is 0 Å². The Bertz CT molecular complexity index is 725. The molecule has 0 spiro atoms. The first-order valence-corrected chi connectivity index (χ1v) is 7.51. The van der Waals surface area contributed by atoms with Gasteiger partial charge in [-0.15, -0.1) is 0 Å². The molecule has 7 heteroatoms. The van der Waals surface area contributed by atoms with Crippen molar-refractivity contribution in [2.45, 2.75) is 0 Å². The molecular formula is C16H14ClFN2O3. The molecule has 0 aliphatic carbocycles. The second kappa shape index (κ2) is 6.42. The second-order valence-electron chi connectivity index (χ2n) is 5.19. The number of rotatable bonds is 2. The van der Waals surface area contributed by atoms with Crippen LogP contribution in [0.2, 0.25) is 5.02 Å². The highest BCUT2D eigenvalue weighted by Crippen LogP contribution is 2.18. The lowest BCUT2D eigenvalue weighted by atomic mass is 10.1. The highest BCUT2D eigenvalue weighted by Gasteiger charge is 2.26. The van der Waals surface area contributed by atoms with Gasteiger partial charge in [0.1, 0.15) is 5.82 Å². The Hall–Kier alpha value is -2.34. The van der Waals surface area contributed by atoms with Crippen molar-refractivity contribution in [2.75, 3.05) is 26.2 Å². The Morgan fingerprint density at radius 1 is 1.04 bits per heavy atom. The number of furan rings is 1. The van der Waals surface area contributed by atoms with Crippen LogP contribution in [0.4, 0.5) is 4.39 Å². The van der Waals surface area contributed by atoms with Crippen molar-refractivity contribution in [3.63, 3.8) is 0 Å². The lowest BCUT2D eigenvalue weighted by Gasteiger charge is -2.34. The van der Waals surface area contributed by atoms with E-state index >= 15 is 0 Å². The van der Waals surface area contributed by atoms with E-state index in [-0.39, 0.29) is 22.6 Å². The van der Waals surface area contributed by atoms with Crippen LogP contribution in [0.3, 0.4) is 0 Å². The Morgan fingerprint density at radius 2 is 1.70 bits per heavy atom. The molecule has 120 valence electrons. The van der Waals surface area contributed by atoms with Gasteiger partial charge in [-0.05, 0) is 30.3 Å². The first-order valence-electron chi connectivity index (χ1n) is 7.13. The Kier molecular flexibility index (Phi) is 4.34. The largest absolute Gasteiger partial charge is 0.459 e. The molecule has 0 N–H and O–H groups in total. The van der Waals surface area contributed by atoms with Gasteiger partial charge in [0.15, 0.2) is 5.76 Å². The van der Waals surface area contributed by atoms with E-state index in [1.807, 2.05) is 0 Å². The molecule has 0 radical (unpaired) electrons. The molecule has 0 saturated carbocycles. The number of halogens is 2. The van der Waals surface area contributed by atoms with Gasteiger partial charge in [-0.1, -0.05) is 11.6 Å². The number of benzene rings is 1. The summed E-state index contributed by atoms with van der Waals surface area (Å²) in [5, 5.41) is -0.0810. The summed E-state index contributed by atoms with van der Waals surface area (Å²) in [5.74, 6) is -0.684. The summed E-state index contributed by atoms with van der Waals surface area (Å²) in [6, 6.07) is 7.17. The second-order valence-corrected chi connectivity index (χ2v) is 5.60. The predicted molar refractivity (Wildman–Crippen MR) is 81.9 cm³/mol. The molecule has 2 heterocycles. The van der Waals surface area contributed by atoms with Crippen LogP contribution in [0.25, 0.3) is 0 Å². The SMILES string of the molecule is O=C(c1ccc(F)c(Cl)c1)N1CCN(C(=O)c2ccco2)CC1. The first-order chi connectivity index (χ1) is 11.1. The number of nitrogens with zero attached hydrogens (tertiary/aromatic N) is 2. The number of carbonyl (C=O) groups excluding carboxylic acids is 2. The topological polar surface area (TPSA) is 53.8 Å². The van der Waals surface area contributed by atoms with Gasteiger partial charge in [-0.25, -0.2) is 4.39 Å². The van der Waals surface area contributed by atoms with Crippen LogP contribution >= 0.6 is 11.6 Å². The lowest BCUT2D eigenvalue weighted by molar-refractivity contribution is 0.0518. The van der Waals surface area contributed by atoms with Crippen LogP contribution in [-0.4, -0.2) is 47.8 Å². The summed E-state index contributed by atoms with van der Waals surface area (Å²) in [6.07, 6.45) is 1.45. The van der Waals surface area contributed by atoms with E-state index in [2.05, 4.69) is 0 Å². The summed E-state index contributed by atoms with van der Waals surface area (Å²) in [7, 11) is 0. The van der Waals surface area contributed by atoms with Gasteiger partial charge in [0, 0.05) is 31.7 Å². The smallest absolute Gasteiger partial charge is 0.289 e. The maximum Gasteiger partial charge on any atom is 0.289 e. The van der Waals surface area contributed by atoms with E-state index in [0.717, 1.165) is 0 Å². The van der Waals surface area contributed by atoms with Crippen molar-refractivity contribution in [3.8, 4) is 0 Å². The van der Waals surface area contributed by atoms with Crippen LogP contribution in [0, 0.1) is 5.82 Å². The van der Waals surface area contributed by atoms with Gasteiger partial charge in [0.2, 0.25) is 0 Å². The number of hydrogen-bond donors (Lipinski definition) is 0. The molecular weight excluding hydrogens is 323 g/mol. The van der Waals surface area contributed by atoms with E-state index in [0.29, 0.717) is 31.7 Å². The van der Waals surface area contributed by atoms with Crippen molar-refractivity contribution in [2.24, 2.45) is 0 Å². The van der Waals surface area contributed by atoms with E-state index < -0.39 is 5.82 Å². The highest BCUT2D eigenvalue weighted by atomic mass is 35.5. The van der Waals surface area contributed by atoms with Crippen LogP contribution in [0.5, 0.6) is 0 Å². The zero-order valence-corrected chi connectivity index (χ0v) is 12.9. The van der Waals surface area contributed by atoms with E-state index in [4.69, 9.17) is 16.0 Å². The number of carbonyl (C=O) groups is 2. The normalized spacial score (nSPS) is 14.9. The number of amides is 2. The Balaban J connectivity index is 1.63. The molecule has 1 fully saturated rings. The minimum absolute atomic E-state index is 0.0810. The first kappa shape index (κ1) is 15.6. The zero-order valence-electron chi connectivity index (χ0n) is 12.2. The molecule has 0 bridgehead atoms. The standard InChI is InChI=1S/C16H14ClFN2O3/c17-12-10-11(3-4-13(12)18)15(21)19-5-7-20(8-6-19)16(22)14-2-1-9-23-14/h1-4,9-10H,5-8H2. The lowest BCUT2D eigenvalue weighted by Crippen LogP contribution is -2.50. The average molecular weight is 337 g/mol. The van der Waals surface area contributed by atoms with Crippen LogP contribution in [0.15, 0.2) is 41.0 Å². The number of piperazine rings is 1. The molecule has 23 heavy (non-hydrogen) atoms. The number of hydrogen-bond acceptors (Lipinski definition) is 3. The fraction of sp³-hybridized carbons (Fsp3) is 0.250. The van der Waals surface area contributed by atoms with Gasteiger partial charge in [-0.3, -0.25) is 9.59 Å². The van der Waals surface area contributed by atoms with Gasteiger partial charge in [0.05, 0.1) is 11.3 Å². The molecule has 0 unspecified atom stereocenters. The minimum Gasteiger partial charge on any atom is -0.459 e. The molecule has 1 aromatic carbocycles. The van der Waals surface area contributed by atoms with Crippen molar-refractivity contribution >= 4 is 23.4 Å². The van der Waals surface area contributed by atoms with E-state index in [1.165, 1.54) is 24.5 Å². The summed E-state index contributed by atoms with van der Waals surface area (Å²) in [5.41, 5.74) is 0.335. The van der Waals surface area contributed by atoms with Gasteiger partial charge >= 0.3 is 0 Å². The summed E-state index contributed by atoms with van der Waals surface area (Å²) < 4.78 is 18.3. The molecule has 0 atom stereocenters. The van der Waals surface area contributed by atoms with E-state index in [9.17, 15) is 14.0 Å². The highest BCUT2D eigenvalue weighted by molar-refractivity contribution is 6.31. The molecule has 1 aliphatic rings.